The van der Waals surface area contributed by atoms with Crippen molar-refractivity contribution in [3.8, 4) is 11.4 Å². The molecule has 3 heterocycles. The van der Waals surface area contributed by atoms with Gasteiger partial charge in [-0.05, 0) is 66.7 Å². The minimum Gasteiger partial charge on any atom is -0.378 e. The van der Waals surface area contributed by atoms with Crippen molar-refractivity contribution in [2.24, 2.45) is 0 Å². The summed E-state index contributed by atoms with van der Waals surface area (Å²) >= 11 is 0. The Balaban J connectivity index is 1.00. The Hall–Kier alpha value is -4.41. The topological polar surface area (TPSA) is 112 Å². The van der Waals surface area contributed by atoms with Crippen LogP contribution in [0.25, 0.3) is 22.4 Å². The number of aromatic nitrogens is 2. The fourth-order valence-corrected chi connectivity index (χ4v) is 5.13. The summed E-state index contributed by atoms with van der Waals surface area (Å²) in [5.41, 5.74) is 6.06. The standard InChI is InChI=1S/C31H34N6O4/c38-29(33-24-4-8-26(9-5-24)37-15-19-41-20-16-37)11-12-32-31(39)23-3-10-27-28(21-23)35-30(34-27)22-1-6-25(7-2-22)36-13-17-40-18-14-36/h1-10,21H,11-20H2,(H,32,39)(H,33,38)(H,34,35). The number of hydrogen-bond acceptors (Lipinski definition) is 7. The van der Waals surface area contributed by atoms with Gasteiger partial charge in [-0.2, -0.15) is 0 Å². The zero-order valence-electron chi connectivity index (χ0n) is 22.9. The Morgan fingerprint density at radius 2 is 1.41 bits per heavy atom. The molecule has 10 nitrogen and oxygen atoms in total. The number of imidazole rings is 1. The number of hydrogen-bond donors (Lipinski definition) is 3. The van der Waals surface area contributed by atoms with E-state index in [1.165, 1.54) is 5.69 Å². The number of rotatable bonds is 8. The highest BCUT2D eigenvalue weighted by molar-refractivity contribution is 5.98. The van der Waals surface area contributed by atoms with Crippen molar-refractivity contribution >= 4 is 39.9 Å². The van der Waals surface area contributed by atoms with Gasteiger partial charge in [0.05, 0.1) is 37.5 Å². The summed E-state index contributed by atoms with van der Waals surface area (Å²) in [6.07, 6.45) is 0.174. The average molecular weight is 555 g/mol. The number of carbonyl (C=O) groups excluding carboxylic acids is 2. The second-order valence-electron chi connectivity index (χ2n) is 10.2. The smallest absolute Gasteiger partial charge is 0.251 e. The van der Waals surface area contributed by atoms with Crippen LogP contribution in [-0.2, 0) is 14.3 Å². The zero-order chi connectivity index (χ0) is 28.0. The van der Waals surface area contributed by atoms with Crippen molar-refractivity contribution in [2.45, 2.75) is 6.42 Å². The van der Waals surface area contributed by atoms with E-state index in [0.29, 0.717) is 5.56 Å². The molecule has 3 aromatic carbocycles. The minimum atomic E-state index is -0.236. The predicted octanol–water partition coefficient (Wildman–Crippen LogP) is 3.66. The van der Waals surface area contributed by atoms with Gasteiger partial charge >= 0.3 is 0 Å². The summed E-state index contributed by atoms with van der Waals surface area (Å²) in [4.78, 5) is 37.8. The predicted molar refractivity (Wildman–Crippen MR) is 160 cm³/mol. The van der Waals surface area contributed by atoms with Gasteiger partial charge in [-0.25, -0.2) is 4.98 Å². The molecule has 2 saturated heterocycles. The van der Waals surface area contributed by atoms with Crippen molar-refractivity contribution in [2.75, 3.05) is 74.3 Å². The Morgan fingerprint density at radius 3 is 2.05 bits per heavy atom. The third-order valence-corrected chi connectivity index (χ3v) is 7.43. The summed E-state index contributed by atoms with van der Waals surface area (Å²) in [7, 11) is 0. The highest BCUT2D eigenvalue weighted by Gasteiger charge is 2.14. The molecule has 0 spiro atoms. The molecule has 2 aliphatic heterocycles. The molecule has 1 aromatic heterocycles. The van der Waals surface area contributed by atoms with Crippen LogP contribution in [0.5, 0.6) is 0 Å². The second-order valence-corrected chi connectivity index (χ2v) is 10.2. The number of aromatic amines is 1. The molecule has 4 aromatic rings. The Labute approximate surface area is 238 Å². The number of nitrogens with zero attached hydrogens (tertiary/aromatic N) is 3. The molecule has 0 bridgehead atoms. The summed E-state index contributed by atoms with van der Waals surface area (Å²) < 4.78 is 10.8. The number of benzene rings is 3. The number of fused-ring (bicyclic) bond motifs is 1. The molecule has 2 aliphatic rings. The largest absolute Gasteiger partial charge is 0.378 e. The molecule has 6 rings (SSSR count). The number of amides is 2. The van der Waals surface area contributed by atoms with E-state index in [1.54, 1.807) is 12.1 Å². The lowest BCUT2D eigenvalue weighted by Crippen LogP contribution is -2.36. The lowest BCUT2D eigenvalue weighted by atomic mass is 10.2. The molecule has 0 saturated carbocycles. The summed E-state index contributed by atoms with van der Waals surface area (Å²) in [5.74, 6) is 0.360. The zero-order valence-corrected chi connectivity index (χ0v) is 22.9. The molecule has 10 heteroatoms. The van der Waals surface area contributed by atoms with Crippen molar-refractivity contribution in [3.63, 3.8) is 0 Å². The first kappa shape index (κ1) is 26.8. The van der Waals surface area contributed by atoms with Crippen LogP contribution < -0.4 is 20.4 Å². The summed E-state index contributed by atoms with van der Waals surface area (Å²) in [6, 6.07) is 21.5. The quantitative estimate of drug-likeness (QED) is 0.305. The van der Waals surface area contributed by atoms with Crippen molar-refractivity contribution in [3.05, 3.63) is 72.3 Å². The van der Waals surface area contributed by atoms with E-state index in [1.807, 2.05) is 30.3 Å². The third-order valence-electron chi connectivity index (χ3n) is 7.43. The van der Waals surface area contributed by atoms with E-state index in [2.05, 4.69) is 49.7 Å². The van der Waals surface area contributed by atoms with Crippen LogP contribution in [-0.4, -0.2) is 80.9 Å². The van der Waals surface area contributed by atoms with Crippen molar-refractivity contribution in [1.82, 2.24) is 15.3 Å². The van der Waals surface area contributed by atoms with Crippen LogP contribution in [0, 0.1) is 0 Å². The van der Waals surface area contributed by atoms with Crippen molar-refractivity contribution in [1.29, 1.82) is 0 Å². The SMILES string of the molecule is O=C(CCNC(=O)c1ccc2nc(-c3ccc(N4CCOCC4)cc3)[nH]c2c1)Nc1ccc(N2CCOCC2)cc1. The van der Waals surface area contributed by atoms with Gasteiger partial charge in [0.2, 0.25) is 5.91 Å². The molecule has 41 heavy (non-hydrogen) atoms. The Morgan fingerprint density at radius 1 is 0.805 bits per heavy atom. The van der Waals surface area contributed by atoms with Crippen LogP contribution in [0.2, 0.25) is 0 Å². The molecule has 0 aliphatic carbocycles. The van der Waals surface area contributed by atoms with Gasteiger partial charge in [0, 0.05) is 67.3 Å². The molecular formula is C31H34N6O4. The molecule has 0 atom stereocenters. The van der Waals surface area contributed by atoms with E-state index >= 15 is 0 Å². The average Bonchev–Trinajstić information content (AvgIpc) is 3.46. The fourth-order valence-electron chi connectivity index (χ4n) is 5.13. The van der Waals surface area contributed by atoms with E-state index < -0.39 is 0 Å². The van der Waals surface area contributed by atoms with Gasteiger partial charge in [0.15, 0.2) is 0 Å². The third kappa shape index (κ3) is 6.50. The lowest BCUT2D eigenvalue weighted by molar-refractivity contribution is -0.116. The van der Waals surface area contributed by atoms with E-state index in [4.69, 9.17) is 14.5 Å². The summed E-state index contributed by atoms with van der Waals surface area (Å²) in [5, 5.41) is 5.74. The first-order valence-electron chi connectivity index (χ1n) is 14.1. The van der Waals surface area contributed by atoms with E-state index in [-0.39, 0.29) is 24.8 Å². The van der Waals surface area contributed by atoms with E-state index in [0.717, 1.165) is 86.4 Å². The van der Waals surface area contributed by atoms with Gasteiger partial charge in [-0.15, -0.1) is 0 Å². The summed E-state index contributed by atoms with van der Waals surface area (Å²) in [6.45, 7) is 6.70. The number of nitrogens with one attached hydrogen (secondary N) is 3. The number of morpholine rings is 2. The maximum absolute atomic E-state index is 12.8. The monoisotopic (exact) mass is 554 g/mol. The van der Waals surface area contributed by atoms with Gasteiger partial charge in [-0.1, -0.05) is 0 Å². The molecule has 0 unspecified atom stereocenters. The minimum absolute atomic E-state index is 0.155. The first-order valence-corrected chi connectivity index (χ1v) is 14.1. The van der Waals surface area contributed by atoms with Crippen molar-refractivity contribution < 1.29 is 19.1 Å². The van der Waals surface area contributed by atoms with Crippen LogP contribution in [0.3, 0.4) is 0 Å². The van der Waals surface area contributed by atoms with Crippen LogP contribution in [0.1, 0.15) is 16.8 Å². The highest BCUT2D eigenvalue weighted by atomic mass is 16.5. The van der Waals surface area contributed by atoms with Crippen LogP contribution in [0.4, 0.5) is 17.1 Å². The van der Waals surface area contributed by atoms with Crippen LogP contribution >= 0.6 is 0 Å². The molecule has 0 radical (unpaired) electrons. The van der Waals surface area contributed by atoms with Gasteiger partial charge < -0.3 is 34.9 Å². The maximum atomic E-state index is 12.8. The van der Waals surface area contributed by atoms with Gasteiger partial charge in [0.25, 0.3) is 5.91 Å². The number of anilines is 3. The van der Waals surface area contributed by atoms with Crippen LogP contribution in [0.15, 0.2) is 66.7 Å². The first-order chi connectivity index (χ1) is 20.1. The number of carbonyl (C=O) groups is 2. The Bertz CT molecular complexity index is 1490. The second kappa shape index (κ2) is 12.4. The molecule has 3 N–H and O–H groups in total. The lowest BCUT2D eigenvalue weighted by Gasteiger charge is -2.28. The van der Waals surface area contributed by atoms with Gasteiger partial charge in [0.1, 0.15) is 5.82 Å². The Kier molecular flexibility index (Phi) is 8.11. The van der Waals surface area contributed by atoms with E-state index in [9.17, 15) is 9.59 Å². The molecule has 212 valence electrons. The van der Waals surface area contributed by atoms with Gasteiger partial charge in [-0.3, -0.25) is 9.59 Å². The normalized spacial score (nSPS) is 15.6. The fraction of sp³-hybridized carbons (Fsp3) is 0.323. The molecule has 2 fully saturated rings. The highest BCUT2D eigenvalue weighted by Crippen LogP contribution is 2.25. The number of H-pyrrole nitrogens is 1. The number of ether oxygens (including phenoxy) is 2. The molecule has 2 amide bonds. The molecular weight excluding hydrogens is 520 g/mol. The maximum Gasteiger partial charge on any atom is 0.251 e.